The van der Waals surface area contributed by atoms with Gasteiger partial charge < -0.3 is 4.74 Å². The molecule has 0 aliphatic heterocycles. The molecule has 2 heterocycles. The lowest BCUT2D eigenvalue weighted by molar-refractivity contribution is 0.101. The first-order valence-electron chi connectivity index (χ1n) is 6.43. The average molecular weight is 290 g/mol. The van der Waals surface area contributed by atoms with Gasteiger partial charge in [-0.3, -0.25) is 15.2 Å². The van der Waals surface area contributed by atoms with Gasteiger partial charge in [0.15, 0.2) is 0 Å². The zero-order chi connectivity index (χ0) is 15.6. The number of aryl methyl sites for hydroxylation is 1. The first-order chi connectivity index (χ1) is 9.79. The maximum atomic E-state index is 12.1. The SMILES string of the molecule is COc1cc(C)nc(NC(=O)c2n[nH]c(C(C)(C)C)n2)n1. The van der Waals surface area contributed by atoms with E-state index in [1.54, 1.807) is 13.0 Å². The lowest BCUT2D eigenvalue weighted by Gasteiger charge is -2.12. The Balaban J connectivity index is 2.18. The van der Waals surface area contributed by atoms with Gasteiger partial charge in [-0.05, 0) is 6.92 Å². The van der Waals surface area contributed by atoms with Gasteiger partial charge in [-0.2, -0.15) is 4.98 Å². The predicted octanol–water partition coefficient (Wildman–Crippen LogP) is 1.46. The van der Waals surface area contributed by atoms with Crippen LogP contribution in [0.15, 0.2) is 6.07 Å². The van der Waals surface area contributed by atoms with Gasteiger partial charge in [0.05, 0.1) is 7.11 Å². The molecule has 0 unspecified atom stereocenters. The Morgan fingerprint density at radius 3 is 2.57 bits per heavy atom. The van der Waals surface area contributed by atoms with Crippen molar-refractivity contribution in [3.8, 4) is 5.88 Å². The van der Waals surface area contributed by atoms with E-state index in [4.69, 9.17) is 4.74 Å². The zero-order valence-electron chi connectivity index (χ0n) is 12.7. The van der Waals surface area contributed by atoms with Gasteiger partial charge in [-0.15, -0.1) is 5.10 Å². The second-order valence-corrected chi connectivity index (χ2v) is 5.59. The normalized spacial score (nSPS) is 11.3. The van der Waals surface area contributed by atoms with Crippen molar-refractivity contribution in [2.75, 3.05) is 12.4 Å². The topological polar surface area (TPSA) is 106 Å². The molecule has 0 atom stereocenters. The maximum absolute atomic E-state index is 12.1. The number of carbonyl (C=O) groups excluding carboxylic acids is 1. The van der Waals surface area contributed by atoms with Crippen LogP contribution in [0.3, 0.4) is 0 Å². The van der Waals surface area contributed by atoms with Crippen LogP contribution in [0.2, 0.25) is 0 Å². The molecule has 0 fully saturated rings. The summed E-state index contributed by atoms with van der Waals surface area (Å²) in [5.74, 6) is 0.732. The van der Waals surface area contributed by atoms with E-state index in [1.807, 2.05) is 20.8 Å². The van der Waals surface area contributed by atoms with Crippen molar-refractivity contribution in [3.05, 3.63) is 23.4 Å². The molecule has 0 saturated heterocycles. The molecule has 8 nitrogen and oxygen atoms in total. The molecular formula is C13H18N6O2. The Labute approximate surface area is 122 Å². The van der Waals surface area contributed by atoms with Crippen molar-refractivity contribution in [2.45, 2.75) is 33.1 Å². The van der Waals surface area contributed by atoms with Crippen LogP contribution < -0.4 is 10.1 Å². The van der Waals surface area contributed by atoms with Gasteiger partial charge in [-0.25, -0.2) is 9.97 Å². The summed E-state index contributed by atoms with van der Waals surface area (Å²) in [6.07, 6.45) is 0. The highest BCUT2D eigenvalue weighted by Crippen LogP contribution is 2.17. The molecule has 2 rings (SSSR count). The Morgan fingerprint density at radius 2 is 2.00 bits per heavy atom. The number of hydrogen-bond donors (Lipinski definition) is 2. The minimum absolute atomic E-state index is 0.0454. The fourth-order valence-corrected chi connectivity index (χ4v) is 1.56. The molecular weight excluding hydrogens is 272 g/mol. The third kappa shape index (κ3) is 3.53. The third-order valence-corrected chi connectivity index (χ3v) is 2.66. The molecule has 0 aromatic carbocycles. The fourth-order valence-electron chi connectivity index (χ4n) is 1.56. The minimum Gasteiger partial charge on any atom is -0.481 e. The molecule has 0 radical (unpaired) electrons. The molecule has 1 amide bonds. The van der Waals surface area contributed by atoms with Gasteiger partial charge in [0.2, 0.25) is 17.7 Å². The van der Waals surface area contributed by atoms with E-state index < -0.39 is 5.91 Å². The number of anilines is 1. The number of carbonyl (C=O) groups is 1. The van der Waals surface area contributed by atoms with Crippen molar-refractivity contribution in [2.24, 2.45) is 0 Å². The highest BCUT2D eigenvalue weighted by atomic mass is 16.5. The summed E-state index contributed by atoms with van der Waals surface area (Å²) in [5.41, 5.74) is 0.469. The number of ether oxygens (including phenoxy) is 1. The first-order valence-corrected chi connectivity index (χ1v) is 6.43. The summed E-state index contributed by atoms with van der Waals surface area (Å²) in [7, 11) is 1.50. The van der Waals surface area contributed by atoms with E-state index in [0.29, 0.717) is 17.4 Å². The maximum Gasteiger partial charge on any atom is 0.297 e. The van der Waals surface area contributed by atoms with Crippen LogP contribution in [0.1, 0.15) is 42.9 Å². The lowest BCUT2D eigenvalue weighted by Crippen LogP contribution is -2.17. The van der Waals surface area contributed by atoms with E-state index in [1.165, 1.54) is 7.11 Å². The molecule has 0 bridgehead atoms. The highest BCUT2D eigenvalue weighted by molar-refractivity contribution is 6.00. The summed E-state index contributed by atoms with van der Waals surface area (Å²) in [5, 5.41) is 9.22. The zero-order valence-corrected chi connectivity index (χ0v) is 12.7. The molecule has 21 heavy (non-hydrogen) atoms. The summed E-state index contributed by atoms with van der Waals surface area (Å²) in [4.78, 5) is 24.4. The molecule has 0 aliphatic carbocycles. The Bertz CT molecular complexity index is 659. The number of aromatic amines is 1. The van der Waals surface area contributed by atoms with Gasteiger partial charge in [0.1, 0.15) is 5.82 Å². The second-order valence-electron chi connectivity index (χ2n) is 5.59. The van der Waals surface area contributed by atoms with Crippen molar-refractivity contribution < 1.29 is 9.53 Å². The van der Waals surface area contributed by atoms with Crippen molar-refractivity contribution in [3.63, 3.8) is 0 Å². The van der Waals surface area contributed by atoms with E-state index in [9.17, 15) is 4.79 Å². The van der Waals surface area contributed by atoms with Gasteiger partial charge in [0.25, 0.3) is 5.91 Å². The average Bonchev–Trinajstić information content (AvgIpc) is 2.87. The van der Waals surface area contributed by atoms with E-state index in [-0.39, 0.29) is 17.2 Å². The van der Waals surface area contributed by atoms with Crippen molar-refractivity contribution >= 4 is 11.9 Å². The molecule has 2 aromatic rings. The number of aromatic nitrogens is 5. The van der Waals surface area contributed by atoms with Crippen molar-refractivity contribution in [1.82, 2.24) is 25.1 Å². The van der Waals surface area contributed by atoms with Crippen LogP contribution in [-0.4, -0.2) is 38.2 Å². The first kappa shape index (κ1) is 14.9. The molecule has 2 N–H and O–H groups in total. The molecule has 0 saturated carbocycles. The molecule has 0 aliphatic rings. The molecule has 8 heteroatoms. The minimum atomic E-state index is -0.477. The summed E-state index contributed by atoms with van der Waals surface area (Å²) in [6.45, 7) is 7.71. The number of amides is 1. The van der Waals surface area contributed by atoms with Crippen LogP contribution in [0.5, 0.6) is 5.88 Å². The van der Waals surface area contributed by atoms with Crippen molar-refractivity contribution in [1.29, 1.82) is 0 Å². The van der Waals surface area contributed by atoms with Crippen LogP contribution in [0.4, 0.5) is 5.95 Å². The van der Waals surface area contributed by atoms with Gasteiger partial charge in [-0.1, -0.05) is 20.8 Å². The number of nitrogens with one attached hydrogen (secondary N) is 2. The Hall–Kier alpha value is -2.51. The van der Waals surface area contributed by atoms with E-state index in [0.717, 1.165) is 0 Å². The van der Waals surface area contributed by atoms with Crippen LogP contribution in [0.25, 0.3) is 0 Å². The molecule has 112 valence electrons. The number of nitrogens with zero attached hydrogens (tertiary/aromatic N) is 4. The Morgan fingerprint density at radius 1 is 1.29 bits per heavy atom. The summed E-state index contributed by atoms with van der Waals surface area (Å²) in [6, 6.07) is 1.67. The third-order valence-electron chi connectivity index (χ3n) is 2.66. The quantitative estimate of drug-likeness (QED) is 0.886. The number of H-pyrrole nitrogens is 1. The van der Waals surface area contributed by atoms with Gasteiger partial charge in [0, 0.05) is 17.2 Å². The Kier molecular flexibility index (Phi) is 3.88. The predicted molar refractivity (Wildman–Crippen MR) is 76.4 cm³/mol. The second kappa shape index (κ2) is 5.47. The summed E-state index contributed by atoms with van der Waals surface area (Å²) >= 11 is 0. The standard InChI is InChI=1S/C13H18N6O2/c1-7-6-8(21-5)15-12(14-7)17-10(20)9-16-11(19-18-9)13(2,3)4/h6H,1-5H3,(H,16,18,19)(H,14,15,17,20). The number of rotatable bonds is 3. The van der Waals surface area contributed by atoms with Crippen LogP contribution in [0, 0.1) is 6.92 Å². The van der Waals surface area contributed by atoms with Crippen LogP contribution >= 0.6 is 0 Å². The van der Waals surface area contributed by atoms with Gasteiger partial charge >= 0.3 is 0 Å². The van der Waals surface area contributed by atoms with Crippen LogP contribution in [-0.2, 0) is 5.41 Å². The molecule has 2 aromatic heterocycles. The monoisotopic (exact) mass is 290 g/mol. The lowest BCUT2D eigenvalue weighted by atomic mass is 9.96. The highest BCUT2D eigenvalue weighted by Gasteiger charge is 2.21. The summed E-state index contributed by atoms with van der Waals surface area (Å²) < 4.78 is 5.03. The van der Waals surface area contributed by atoms with E-state index in [2.05, 4.69) is 30.5 Å². The largest absolute Gasteiger partial charge is 0.481 e. The smallest absolute Gasteiger partial charge is 0.297 e. The number of hydrogen-bond acceptors (Lipinski definition) is 6. The number of methoxy groups -OCH3 is 1. The fraction of sp³-hybridized carbons (Fsp3) is 0.462. The van der Waals surface area contributed by atoms with E-state index >= 15 is 0 Å². The molecule has 0 spiro atoms.